The summed E-state index contributed by atoms with van der Waals surface area (Å²) in [4.78, 5) is 10.8. The van der Waals surface area contributed by atoms with Gasteiger partial charge in [0.1, 0.15) is 5.69 Å². The maximum absolute atomic E-state index is 11.1. The van der Waals surface area contributed by atoms with Gasteiger partial charge in [0.05, 0.1) is 23.4 Å². The Bertz CT molecular complexity index is 450. The fourth-order valence-electron chi connectivity index (χ4n) is 1.75. The number of anilines is 1. The molecule has 1 aromatic rings. The quantitative estimate of drug-likeness (QED) is 0.615. The number of nitro benzene ring substituents is 1. The van der Waals surface area contributed by atoms with Crippen molar-refractivity contribution in [3.8, 4) is 0 Å². The first-order chi connectivity index (χ1) is 9.20. The largest absolute Gasteiger partial charge is 0.380 e. The number of ether oxygens (including phenoxy) is 1. The lowest BCUT2D eigenvalue weighted by atomic mass is 10.2. The average Bonchev–Trinajstić information content (AvgIpc) is 2.35. The molecule has 1 saturated heterocycles. The van der Waals surface area contributed by atoms with Crippen LogP contribution < -0.4 is 5.32 Å². The molecule has 1 fully saturated rings. The minimum Gasteiger partial charge on any atom is -0.380 e. The monoisotopic (exact) mass is 282 g/mol. The molecule has 104 valence electrons. The molecule has 1 aliphatic rings. The van der Waals surface area contributed by atoms with Crippen molar-refractivity contribution in [1.82, 2.24) is 0 Å². The van der Waals surface area contributed by atoms with Crippen LogP contribution in [-0.4, -0.2) is 29.9 Å². The van der Waals surface area contributed by atoms with E-state index in [1.54, 1.807) is 23.9 Å². The summed E-state index contributed by atoms with van der Waals surface area (Å²) >= 11 is 1.79. The summed E-state index contributed by atoms with van der Waals surface area (Å²) in [6, 6.07) is 5.43. The second kappa shape index (κ2) is 6.77. The Labute approximate surface area is 116 Å². The van der Waals surface area contributed by atoms with Gasteiger partial charge in [-0.1, -0.05) is 13.0 Å². The Morgan fingerprint density at radius 3 is 2.89 bits per heavy atom. The van der Waals surface area contributed by atoms with Gasteiger partial charge in [-0.3, -0.25) is 10.1 Å². The highest BCUT2D eigenvalue weighted by atomic mass is 32.2. The predicted molar refractivity (Wildman–Crippen MR) is 77.8 cm³/mol. The molecule has 0 bridgehead atoms. The van der Waals surface area contributed by atoms with Gasteiger partial charge in [-0.2, -0.15) is 0 Å². The number of nitro groups is 1. The van der Waals surface area contributed by atoms with Gasteiger partial charge in [-0.15, -0.1) is 11.8 Å². The van der Waals surface area contributed by atoms with E-state index in [2.05, 4.69) is 5.32 Å². The molecule has 6 heteroatoms. The van der Waals surface area contributed by atoms with Gasteiger partial charge >= 0.3 is 0 Å². The van der Waals surface area contributed by atoms with E-state index in [1.165, 1.54) is 0 Å². The molecule has 0 unspecified atom stereocenters. The Balaban J connectivity index is 2.03. The zero-order valence-corrected chi connectivity index (χ0v) is 11.7. The highest BCUT2D eigenvalue weighted by Crippen LogP contribution is 2.29. The lowest BCUT2D eigenvalue weighted by molar-refractivity contribution is -0.384. The van der Waals surface area contributed by atoms with Crippen LogP contribution in [0.4, 0.5) is 11.4 Å². The molecule has 0 atom stereocenters. The standard InChI is InChI=1S/C13H18N2O3S/c1-2-5-14-12-4-3-10(6-13(12)15(16)17)9-19-11-7-18-8-11/h3-4,6,11,14H,2,5,7-9H2,1H3. The highest BCUT2D eigenvalue weighted by Gasteiger charge is 2.19. The van der Waals surface area contributed by atoms with Crippen molar-refractivity contribution < 1.29 is 9.66 Å². The molecule has 2 rings (SSSR count). The average molecular weight is 282 g/mol. The molecule has 0 spiro atoms. The first-order valence-corrected chi connectivity index (χ1v) is 7.46. The first kappa shape index (κ1) is 14.1. The summed E-state index contributed by atoms with van der Waals surface area (Å²) in [6.45, 7) is 4.37. The smallest absolute Gasteiger partial charge is 0.292 e. The summed E-state index contributed by atoms with van der Waals surface area (Å²) in [5, 5.41) is 14.7. The van der Waals surface area contributed by atoms with Crippen LogP contribution in [0.25, 0.3) is 0 Å². The number of hydrogen-bond acceptors (Lipinski definition) is 5. The van der Waals surface area contributed by atoms with Crippen LogP contribution in [0.5, 0.6) is 0 Å². The van der Waals surface area contributed by atoms with Crippen molar-refractivity contribution in [3.63, 3.8) is 0 Å². The van der Waals surface area contributed by atoms with E-state index in [0.717, 1.165) is 37.5 Å². The van der Waals surface area contributed by atoms with Crippen LogP contribution in [0, 0.1) is 10.1 Å². The number of thioether (sulfide) groups is 1. The molecule has 1 aromatic carbocycles. The van der Waals surface area contributed by atoms with Crippen molar-refractivity contribution in [1.29, 1.82) is 0 Å². The van der Waals surface area contributed by atoms with Crippen LogP contribution >= 0.6 is 11.8 Å². The lowest BCUT2D eigenvalue weighted by Gasteiger charge is -2.25. The fraction of sp³-hybridized carbons (Fsp3) is 0.538. The number of nitrogens with zero attached hydrogens (tertiary/aromatic N) is 1. The van der Waals surface area contributed by atoms with Crippen molar-refractivity contribution >= 4 is 23.1 Å². The molecule has 0 aromatic heterocycles. The highest BCUT2D eigenvalue weighted by molar-refractivity contribution is 7.99. The van der Waals surface area contributed by atoms with Gasteiger partial charge in [-0.25, -0.2) is 0 Å². The second-order valence-electron chi connectivity index (χ2n) is 4.51. The minimum atomic E-state index is -0.321. The molecule has 0 amide bonds. The van der Waals surface area contributed by atoms with Crippen molar-refractivity contribution in [3.05, 3.63) is 33.9 Å². The Kier molecular flexibility index (Phi) is 5.04. The SMILES string of the molecule is CCCNc1ccc(CSC2COC2)cc1[N+](=O)[O-]. The van der Waals surface area contributed by atoms with Crippen molar-refractivity contribution in [2.24, 2.45) is 0 Å². The Morgan fingerprint density at radius 1 is 1.53 bits per heavy atom. The summed E-state index contributed by atoms with van der Waals surface area (Å²) in [7, 11) is 0. The summed E-state index contributed by atoms with van der Waals surface area (Å²) < 4.78 is 5.11. The van der Waals surface area contributed by atoms with Gasteiger partial charge in [0.25, 0.3) is 5.69 Å². The van der Waals surface area contributed by atoms with E-state index in [-0.39, 0.29) is 10.6 Å². The summed E-state index contributed by atoms with van der Waals surface area (Å²) in [5.41, 5.74) is 1.76. The van der Waals surface area contributed by atoms with Gasteiger partial charge in [0, 0.05) is 18.4 Å². The van der Waals surface area contributed by atoms with Crippen molar-refractivity contribution in [2.45, 2.75) is 24.3 Å². The zero-order valence-electron chi connectivity index (χ0n) is 10.9. The summed E-state index contributed by atoms with van der Waals surface area (Å²) in [6.07, 6.45) is 0.941. The number of benzene rings is 1. The van der Waals surface area contributed by atoms with E-state index in [0.29, 0.717) is 10.9 Å². The first-order valence-electron chi connectivity index (χ1n) is 6.41. The molecule has 1 heterocycles. The van der Waals surface area contributed by atoms with E-state index < -0.39 is 0 Å². The maximum atomic E-state index is 11.1. The van der Waals surface area contributed by atoms with Gasteiger partial charge in [-0.05, 0) is 18.1 Å². The van der Waals surface area contributed by atoms with Gasteiger partial charge in [0.2, 0.25) is 0 Å². The maximum Gasteiger partial charge on any atom is 0.292 e. The molecule has 0 aliphatic carbocycles. The normalized spacial score (nSPS) is 15.0. The predicted octanol–water partition coefficient (Wildman–Crippen LogP) is 3.05. The van der Waals surface area contributed by atoms with Crippen LogP contribution in [0.2, 0.25) is 0 Å². The molecule has 0 radical (unpaired) electrons. The van der Waals surface area contributed by atoms with E-state index >= 15 is 0 Å². The third-order valence-corrected chi connectivity index (χ3v) is 4.16. The zero-order chi connectivity index (χ0) is 13.7. The lowest BCUT2D eigenvalue weighted by Crippen LogP contribution is -2.30. The molecule has 1 aliphatic heterocycles. The molecule has 0 saturated carbocycles. The topological polar surface area (TPSA) is 64.4 Å². The molecule has 1 N–H and O–H groups in total. The van der Waals surface area contributed by atoms with Crippen LogP contribution in [0.3, 0.4) is 0 Å². The molecular formula is C13H18N2O3S. The third kappa shape index (κ3) is 3.84. The molecular weight excluding hydrogens is 264 g/mol. The minimum absolute atomic E-state index is 0.163. The van der Waals surface area contributed by atoms with Gasteiger partial charge in [0.15, 0.2) is 0 Å². The number of hydrogen-bond donors (Lipinski definition) is 1. The summed E-state index contributed by atoms with van der Waals surface area (Å²) in [5.74, 6) is 0.795. The van der Waals surface area contributed by atoms with Gasteiger partial charge < -0.3 is 10.1 Å². The molecule has 19 heavy (non-hydrogen) atoms. The number of rotatable bonds is 7. The Morgan fingerprint density at radius 2 is 2.32 bits per heavy atom. The molecule has 5 nitrogen and oxygen atoms in total. The van der Waals surface area contributed by atoms with E-state index in [1.807, 2.05) is 13.0 Å². The van der Waals surface area contributed by atoms with Crippen molar-refractivity contribution in [2.75, 3.05) is 25.1 Å². The van der Waals surface area contributed by atoms with Crippen LogP contribution in [-0.2, 0) is 10.5 Å². The fourth-order valence-corrected chi connectivity index (χ4v) is 2.74. The van der Waals surface area contributed by atoms with Crippen LogP contribution in [0.1, 0.15) is 18.9 Å². The third-order valence-electron chi connectivity index (χ3n) is 2.92. The Hall–Kier alpha value is -1.27. The second-order valence-corrected chi connectivity index (χ2v) is 5.79. The van der Waals surface area contributed by atoms with E-state index in [4.69, 9.17) is 4.74 Å². The van der Waals surface area contributed by atoms with E-state index in [9.17, 15) is 10.1 Å². The van der Waals surface area contributed by atoms with Crippen LogP contribution in [0.15, 0.2) is 18.2 Å². The number of nitrogens with one attached hydrogen (secondary N) is 1.